The third kappa shape index (κ3) is 5.21. The van der Waals surface area contributed by atoms with E-state index in [1.807, 2.05) is 17.0 Å². The number of rotatable bonds is 7. The molecule has 2 aliphatic carbocycles. The van der Waals surface area contributed by atoms with Crippen LogP contribution in [0.15, 0.2) is 41.1 Å². The molecule has 1 aromatic heterocycles. The molecule has 0 unspecified atom stereocenters. The lowest BCUT2D eigenvalue weighted by atomic mass is 9.90. The first-order chi connectivity index (χ1) is 14.2. The standard InChI is InChI=1S/C23H31N3O2S/c27-21(17-29-19-7-11-24-12-8-19)26-14-9-23(10-15-26)16-20(23)22(28)25-13-6-18-4-2-1-3-5-18/h4,7-8,11-12,20H,1-3,5-6,9-10,13-17H2,(H,25,28)/t20-/m1/s1. The molecule has 156 valence electrons. The van der Waals surface area contributed by atoms with E-state index in [1.54, 1.807) is 24.2 Å². The number of pyridine rings is 1. The van der Waals surface area contributed by atoms with Crippen molar-refractivity contribution in [2.24, 2.45) is 11.3 Å². The average Bonchev–Trinajstić information content (AvgIpc) is 3.47. The zero-order chi connectivity index (χ0) is 20.1. The first-order valence-electron chi connectivity index (χ1n) is 10.9. The van der Waals surface area contributed by atoms with Crippen LogP contribution >= 0.6 is 11.8 Å². The SMILES string of the molecule is O=C(NCCC1=CCCCC1)[C@H]1CC12CCN(C(=O)CSc1ccncc1)CC2. The van der Waals surface area contributed by atoms with Crippen LogP contribution < -0.4 is 5.32 Å². The van der Waals surface area contributed by atoms with Gasteiger partial charge in [-0.2, -0.15) is 0 Å². The number of hydrogen-bond donors (Lipinski definition) is 1. The Balaban J connectivity index is 1.16. The monoisotopic (exact) mass is 413 g/mol. The number of hydrogen-bond acceptors (Lipinski definition) is 4. The van der Waals surface area contributed by atoms with Crippen molar-refractivity contribution in [3.63, 3.8) is 0 Å². The summed E-state index contributed by atoms with van der Waals surface area (Å²) < 4.78 is 0. The van der Waals surface area contributed by atoms with Gasteiger partial charge in [0.1, 0.15) is 0 Å². The van der Waals surface area contributed by atoms with E-state index in [0.717, 1.165) is 50.2 Å². The van der Waals surface area contributed by atoms with Crippen molar-refractivity contribution in [2.75, 3.05) is 25.4 Å². The van der Waals surface area contributed by atoms with E-state index in [-0.39, 0.29) is 23.1 Å². The smallest absolute Gasteiger partial charge is 0.232 e. The largest absolute Gasteiger partial charge is 0.356 e. The normalized spacial score (nSPS) is 22.8. The van der Waals surface area contributed by atoms with Gasteiger partial charge in [0.25, 0.3) is 0 Å². The molecule has 0 radical (unpaired) electrons. The predicted molar refractivity (Wildman–Crippen MR) is 115 cm³/mol. The molecule has 6 heteroatoms. The summed E-state index contributed by atoms with van der Waals surface area (Å²) in [6.45, 7) is 2.34. The Labute approximate surface area is 177 Å². The second kappa shape index (κ2) is 9.33. The summed E-state index contributed by atoms with van der Waals surface area (Å²) in [5.74, 6) is 1.06. The molecular weight excluding hydrogens is 382 g/mol. The Kier molecular flexibility index (Phi) is 6.58. The van der Waals surface area contributed by atoms with Crippen LogP contribution in [0.4, 0.5) is 0 Å². The number of aromatic nitrogens is 1. The van der Waals surface area contributed by atoms with Crippen LogP contribution in [0.2, 0.25) is 0 Å². The fraction of sp³-hybridized carbons (Fsp3) is 0.609. The zero-order valence-corrected chi connectivity index (χ0v) is 17.9. The molecule has 29 heavy (non-hydrogen) atoms. The third-order valence-corrected chi connectivity index (χ3v) is 7.76. The van der Waals surface area contributed by atoms with Crippen LogP contribution in [0.3, 0.4) is 0 Å². The molecule has 1 N–H and O–H groups in total. The highest BCUT2D eigenvalue weighted by Crippen LogP contribution is 2.59. The van der Waals surface area contributed by atoms with Crippen molar-refractivity contribution in [1.82, 2.24) is 15.2 Å². The topological polar surface area (TPSA) is 62.3 Å². The average molecular weight is 414 g/mol. The van der Waals surface area contributed by atoms with Gasteiger partial charge in [0.05, 0.1) is 5.75 Å². The quantitative estimate of drug-likeness (QED) is 0.545. The Morgan fingerprint density at radius 2 is 2.00 bits per heavy atom. The summed E-state index contributed by atoms with van der Waals surface area (Å²) in [4.78, 5) is 32.1. The molecule has 4 rings (SSSR count). The van der Waals surface area contributed by atoms with E-state index in [0.29, 0.717) is 5.75 Å². The Morgan fingerprint density at radius 1 is 1.21 bits per heavy atom. The van der Waals surface area contributed by atoms with Crippen LogP contribution in [-0.4, -0.2) is 47.1 Å². The fourth-order valence-corrected chi connectivity index (χ4v) is 5.53. The number of carbonyl (C=O) groups excluding carboxylic acids is 2. The van der Waals surface area contributed by atoms with Gasteiger partial charge in [-0.1, -0.05) is 11.6 Å². The van der Waals surface area contributed by atoms with E-state index in [4.69, 9.17) is 0 Å². The van der Waals surface area contributed by atoms with Gasteiger partial charge in [0.15, 0.2) is 0 Å². The summed E-state index contributed by atoms with van der Waals surface area (Å²) in [6.07, 6.45) is 14.8. The Hall–Kier alpha value is -1.82. The maximum atomic E-state index is 12.6. The summed E-state index contributed by atoms with van der Waals surface area (Å²) >= 11 is 1.56. The molecule has 1 spiro atoms. The van der Waals surface area contributed by atoms with Gasteiger partial charge in [-0.05, 0) is 68.9 Å². The molecule has 1 saturated heterocycles. The van der Waals surface area contributed by atoms with Crippen molar-refractivity contribution >= 4 is 23.6 Å². The van der Waals surface area contributed by atoms with Gasteiger partial charge in [-0.3, -0.25) is 14.6 Å². The number of carbonyl (C=O) groups is 2. The number of nitrogens with zero attached hydrogens (tertiary/aromatic N) is 2. The second-order valence-corrected chi connectivity index (χ2v) is 9.67. The lowest BCUT2D eigenvalue weighted by Crippen LogP contribution is -2.41. The molecule has 1 atom stereocenters. The molecule has 2 amide bonds. The molecular formula is C23H31N3O2S. The lowest BCUT2D eigenvalue weighted by Gasteiger charge is -2.33. The van der Waals surface area contributed by atoms with Crippen LogP contribution in [-0.2, 0) is 9.59 Å². The molecule has 1 aliphatic heterocycles. The Bertz CT molecular complexity index is 757. The van der Waals surface area contributed by atoms with Crippen molar-refractivity contribution in [1.29, 1.82) is 0 Å². The summed E-state index contributed by atoms with van der Waals surface area (Å²) in [5, 5.41) is 3.17. The van der Waals surface area contributed by atoms with E-state index in [9.17, 15) is 9.59 Å². The maximum Gasteiger partial charge on any atom is 0.232 e. The minimum absolute atomic E-state index is 0.156. The number of thioether (sulfide) groups is 1. The van der Waals surface area contributed by atoms with E-state index >= 15 is 0 Å². The summed E-state index contributed by atoms with van der Waals surface area (Å²) in [6, 6.07) is 3.86. The molecule has 2 fully saturated rings. The first kappa shape index (κ1) is 20.5. The molecule has 0 bridgehead atoms. The molecule has 1 aromatic rings. The highest BCUT2D eigenvalue weighted by atomic mass is 32.2. The zero-order valence-electron chi connectivity index (χ0n) is 17.1. The van der Waals surface area contributed by atoms with Crippen molar-refractivity contribution in [3.05, 3.63) is 36.2 Å². The van der Waals surface area contributed by atoms with Gasteiger partial charge >= 0.3 is 0 Å². The fourth-order valence-electron chi connectivity index (χ4n) is 4.74. The van der Waals surface area contributed by atoms with Crippen LogP contribution in [0.5, 0.6) is 0 Å². The lowest BCUT2D eigenvalue weighted by molar-refractivity contribution is -0.130. The van der Waals surface area contributed by atoms with Gasteiger partial charge in [-0.15, -0.1) is 11.8 Å². The minimum Gasteiger partial charge on any atom is -0.356 e. The predicted octanol–water partition coefficient (Wildman–Crippen LogP) is 3.81. The highest BCUT2D eigenvalue weighted by molar-refractivity contribution is 8.00. The van der Waals surface area contributed by atoms with Gasteiger partial charge in [-0.25, -0.2) is 0 Å². The molecule has 2 heterocycles. The Morgan fingerprint density at radius 3 is 2.72 bits per heavy atom. The highest BCUT2D eigenvalue weighted by Gasteiger charge is 2.58. The van der Waals surface area contributed by atoms with Gasteiger partial charge in [0.2, 0.25) is 11.8 Å². The summed E-state index contributed by atoms with van der Waals surface area (Å²) in [5.41, 5.74) is 1.67. The molecule has 0 aromatic carbocycles. The third-order valence-electron chi connectivity index (χ3n) is 6.76. The van der Waals surface area contributed by atoms with E-state index in [1.165, 1.54) is 31.3 Å². The van der Waals surface area contributed by atoms with Crippen LogP contribution in [0.25, 0.3) is 0 Å². The maximum absolute atomic E-state index is 12.6. The van der Waals surface area contributed by atoms with Crippen LogP contribution in [0, 0.1) is 11.3 Å². The minimum atomic E-state index is 0.156. The van der Waals surface area contributed by atoms with Gasteiger partial charge < -0.3 is 10.2 Å². The molecule has 3 aliphatic rings. The van der Waals surface area contributed by atoms with E-state index in [2.05, 4.69) is 16.4 Å². The van der Waals surface area contributed by atoms with E-state index < -0.39 is 0 Å². The number of allylic oxidation sites excluding steroid dienone is 1. The number of amides is 2. The summed E-state index contributed by atoms with van der Waals surface area (Å²) in [7, 11) is 0. The second-order valence-electron chi connectivity index (χ2n) is 8.62. The van der Waals surface area contributed by atoms with Crippen LogP contribution in [0.1, 0.15) is 51.4 Å². The van der Waals surface area contributed by atoms with Gasteiger partial charge in [0, 0.05) is 42.8 Å². The number of piperidine rings is 1. The molecule has 5 nitrogen and oxygen atoms in total. The van der Waals surface area contributed by atoms with Crippen molar-refractivity contribution in [2.45, 2.75) is 56.3 Å². The van der Waals surface area contributed by atoms with Crippen molar-refractivity contribution < 1.29 is 9.59 Å². The number of nitrogens with one attached hydrogen (secondary N) is 1. The van der Waals surface area contributed by atoms with Crippen molar-refractivity contribution in [3.8, 4) is 0 Å². The first-order valence-corrected chi connectivity index (χ1v) is 11.9. The molecule has 1 saturated carbocycles. The number of likely N-dealkylation sites (tertiary alicyclic amines) is 1.